The molecule has 1 unspecified atom stereocenters. The number of nitrogens with zero attached hydrogens (tertiary/aromatic N) is 2. The Morgan fingerprint density at radius 2 is 1.87 bits per heavy atom. The summed E-state index contributed by atoms with van der Waals surface area (Å²) >= 11 is 0. The number of urea groups is 1. The number of fused-ring (bicyclic) bond motifs is 3. The number of amides is 5. The normalized spacial score (nSPS) is 24.1. The van der Waals surface area contributed by atoms with Crippen molar-refractivity contribution < 1.29 is 28.3 Å². The minimum absolute atomic E-state index is 0.0147. The molecule has 5 amide bonds. The summed E-state index contributed by atoms with van der Waals surface area (Å²) in [4.78, 5) is 54.6. The van der Waals surface area contributed by atoms with Crippen LogP contribution < -0.4 is 10.6 Å². The molecule has 1 saturated carbocycles. The molecule has 9 nitrogen and oxygen atoms in total. The number of benzene rings is 2. The molecule has 2 aromatic carbocycles. The van der Waals surface area contributed by atoms with Crippen LogP contribution in [0.15, 0.2) is 36.4 Å². The van der Waals surface area contributed by atoms with Gasteiger partial charge in [-0.3, -0.25) is 9.59 Å². The molecule has 2 atom stereocenters. The van der Waals surface area contributed by atoms with Gasteiger partial charge in [0.25, 0.3) is 5.91 Å². The van der Waals surface area contributed by atoms with Crippen LogP contribution in [0.3, 0.4) is 0 Å². The number of aryl methyl sites for hydroxylation is 2. The Bertz CT molecular complexity index is 1360. The zero-order chi connectivity index (χ0) is 26.6. The number of carbonyl (C=O) groups is 4. The topological polar surface area (TPSA) is 108 Å². The van der Waals surface area contributed by atoms with Gasteiger partial charge >= 0.3 is 12.1 Å². The van der Waals surface area contributed by atoms with E-state index in [0.29, 0.717) is 36.6 Å². The van der Waals surface area contributed by atoms with E-state index in [-0.39, 0.29) is 30.2 Å². The number of hydrogen-bond acceptors (Lipinski definition) is 5. The first-order chi connectivity index (χ1) is 18.3. The number of rotatable bonds is 4. The largest absolute Gasteiger partial charge is 0.427 e. The lowest BCUT2D eigenvalue weighted by Gasteiger charge is -2.31. The first-order valence-corrected chi connectivity index (χ1v) is 13.0. The van der Waals surface area contributed by atoms with Crippen molar-refractivity contribution in [3.05, 3.63) is 64.5 Å². The molecule has 2 N–H and O–H groups in total. The number of ether oxygens (including phenoxy) is 1. The summed E-state index contributed by atoms with van der Waals surface area (Å²) in [6, 6.07) is 9.39. The van der Waals surface area contributed by atoms with Gasteiger partial charge in [-0.2, -0.15) is 0 Å². The average molecular weight is 521 g/mol. The van der Waals surface area contributed by atoms with Crippen molar-refractivity contribution in [2.24, 2.45) is 5.92 Å². The van der Waals surface area contributed by atoms with Crippen LogP contribution in [0.1, 0.15) is 47.9 Å². The molecule has 6 rings (SSSR count). The molecule has 38 heavy (non-hydrogen) atoms. The molecular weight excluding hydrogens is 491 g/mol. The fraction of sp³-hybridized carbons (Fsp3) is 0.429. The van der Waals surface area contributed by atoms with Crippen LogP contribution in [0.2, 0.25) is 0 Å². The second-order valence-electron chi connectivity index (χ2n) is 10.5. The molecule has 2 heterocycles. The van der Waals surface area contributed by atoms with Gasteiger partial charge in [-0.15, -0.1) is 0 Å². The van der Waals surface area contributed by atoms with Crippen LogP contribution >= 0.6 is 0 Å². The van der Waals surface area contributed by atoms with Crippen molar-refractivity contribution >= 4 is 29.6 Å². The lowest BCUT2D eigenvalue weighted by atomic mass is 9.94. The van der Waals surface area contributed by atoms with E-state index in [2.05, 4.69) is 10.6 Å². The smallest absolute Gasteiger partial charge is 0.418 e. The first-order valence-electron chi connectivity index (χ1n) is 13.0. The number of carbonyl (C=O) groups excluding carboxylic acids is 4. The lowest BCUT2D eigenvalue weighted by molar-refractivity contribution is -0.143. The fourth-order valence-corrected chi connectivity index (χ4v) is 6.14. The van der Waals surface area contributed by atoms with E-state index in [0.717, 1.165) is 40.9 Å². The third-order valence-electron chi connectivity index (χ3n) is 8.24. The van der Waals surface area contributed by atoms with Crippen LogP contribution in [0.4, 0.5) is 19.7 Å². The predicted octanol–water partition coefficient (Wildman–Crippen LogP) is 3.45. The summed E-state index contributed by atoms with van der Waals surface area (Å²) in [6.07, 6.45) is 3.39. The maximum Gasteiger partial charge on any atom is 0.418 e. The van der Waals surface area contributed by atoms with Crippen molar-refractivity contribution in [2.75, 3.05) is 18.9 Å². The second-order valence-corrected chi connectivity index (χ2v) is 10.5. The van der Waals surface area contributed by atoms with E-state index in [1.54, 1.807) is 29.2 Å². The molecule has 198 valence electrons. The highest BCUT2D eigenvalue weighted by Crippen LogP contribution is 2.46. The number of imide groups is 1. The molecule has 0 aromatic heterocycles. The van der Waals surface area contributed by atoms with Crippen molar-refractivity contribution in [1.82, 2.24) is 15.1 Å². The molecule has 2 aliphatic carbocycles. The standard InChI is InChI=1S/C28H29FN4O5/c1-30-26(36)31-21-7-8-22-18(13-21)10-11-28(22)25(35)33(27(37)38-28)15-24(34)32-14-19-4-6-20(29)12-17(19)5-9-23(32)16-2-3-16/h4,6-8,12-13,16,23H,2-3,5,9-11,14-15H2,1H3,(H2,30,31,36)/t23?,28-/m1/s1. The molecule has 0 bridgehead atoms. The number of hydrogen-bond donors (Lipinski definition) is 2. The molecular formula is C28H29FN4O5. The Morgan fingerprint density at radius 1 is 1.05 bits per heavy atom. The Morgan fingerprint density at radius 3 is 2.63 bits per heavy atom. The van der Waals surface area contributed by atoms with Crippen LogP contribution in [0.5, 0.6) is 0 Å². The zero-order valence-corrected chi connectivity index (χ0v) is 21.1. The summed E-state index contributed by atoms with van der Waals surface area (Å²) in [5, 5.41) is 5.19. The summed E-state index contributed by atoms with van der Waals surface area (Å²) < 4.78 is 19.6. The third kappa shape index (κ3) is 4.08. The van der Waals surface area contributed by atoms with Crippen LogP contribution in [0.25, 0.3) is 0 Å². The fourth-order valence-electron chi connectivity index (χ4n) is 6.14. The van der Waals surface area contributed by atoms with E-state index in [4.69, 9.17) is 4.74 Å². The van der Waals surface area contributed by atoms with Gasteiger partial charge in [0.2, 0.25) is 11.5 Å². The van der Waals surface area contributed by atoms with Gasteiger partial charge < -0.3 is 20.3 Å². The van der Waals surface area contributed by atoms with Gasteiger partial charge in [0.15, 0.2) is 0 Å². The molecule has 10 heteroatoms. The van der Waals surface area contributed by atoms with Gasteiger partial charge in [-0.05, 0) is 79.0 Å². The van der Waals surface area contributed by atoms with Crippen molar-refractivity contribution in [3.63, 3.8) is 0 Å². The zero-order valence-electron chi connectivity index (χ0n) is 21.1. The average Bonchev–Trinajstić information content (AvgIpc) is 3.66. The molecule has 0 radical (unpaired) electrons. The third-order valence-corrected chi connectivity index (χ3v) is 8.24. The number of nitrogens with one attached hydrogen (secondary N) is 2. The van der Waals surface area contributed by atoms with E-state index < -0.39 is 24.1 Å². The Kier molecular flexibility index (Phi) is 5.85. The van der Waals surface area contributed by atoms with Crippen molar-refractivity contribution in [3.8, 4) is 0 Å². The van der Waals surface area contributed by atoms with Gasteiger partial charge in [-0.1, -0.05) is 12.1 Å². The van der Waals surface area contributed by atoms with Crippen LogP contribution in [-0.2, 0) is 39.3 Å². The van der Waals surface area contributed by atoms with Gasteiger partial charge in [-0.25, -0.2) is 18.9 Å². The molecule has 2 aromatic rings. The highest BCUT2D eigenvalue weighted by molar-refractivity contribution is 6.06. The predicted molar refractivity (Wildman–Crippen MR) is 134 cm³/mol. The number of halogens is 1. The Balaban J connectivity index is 1.23. The minimum Gasteiger partial charge on any atom is -0.427 e. The summed E-state index contributed by atoms with van der Waals surface area (Å²) in [5.41, 5.74) is 2.27. The monoisotopic (exact) mass is 520 g/mol. The van der Waals surface area contributed by atoms with E-state index in [1.165, 1.54) is 19.2 Å². The molecule has 2 fully saturated rings. The molecule has 2 aliphatic heterocycles. The van der Waals surface area contributed by atoms with E-state index >= 15 is 0 Å². The second kappa shape index (κ2) is 9.11. The van der Waals surface area contributed by atoms with E-state index in [1.807, 2.05) is 0 Å². The summed E-state index contributed by atoms with van der Waals surface area (Å²) in [6.45, 7) is -0.0768. The lowest BCUT2D eigenvalue weighted by Crippen LogP contribution is -2.48. The van der Waals surface area contributed by atoms with Crippen molar-refractivity contribution in [1.29, 1.82) is 0 Å². The number of anilines is 1. The Hall–Kier alpha value is -3.95. The summed E-state index contributed by atoms with van der Waals surface area (Å²) in [7, 11) is 1.52. The SMILES string of the molecule is CNC(=O)Nc1ccc2c(c1)CC[C@@]21OC(=O)N(CC(=O)N2Cc3ccc(F)cc3CCC2C2CC2)C1=O. The van der Waals surface area contributed by atoms with Gasteiger partial charge in [0.1, 0.15) is 12.4 Å². The van der Waals surface area contributed by atoms with Crippen LogP contribution in [0, 0.1) is 11.7 Å². The molecule has 4 aliphatic rings. The van der Waals surface area contributed by atoms with Crippen LogP contribution in [-0.4, -0.2) is 53.4 Å². The summed E-state index contributed by atoms with van der Waals surface area (Å²) in [5.74, 6) is -0.771. The highest BCUT2D eigenvalue weighted by atomic mass is 19.1. The van der Waals surface area contributed by atoms with Crippen molar-refractivity contribution in [2.45, 2.75) is 56.7 Å². The first kappa shape index (κ1) is 24.4. The minimum atomic E-state index is -1.46. The van der Waals surface area contributed by atoms with E-state index in [9.17, 15) is 23.6 Å². The van der Waals surface area contributed by atoms with Gasteiger partial charge in [0.05, 0.1) is 0 Å². The highest BCUT2D eigenvalue weighted by Gasteiger charge is 2.58. The quantitative estimate of drug-likeness (QED) is 0.642. The maximum atomic E-state index is 13.9. The van der Waals surface area contributed by atoms with Gasteiger partial charge in [0, 0.05) is 37.3 Å². The maximum absolute atomic E-state index is 13.9. The molecule has 1 saturated heterocycles. The Labute approximate surface area is 219 Å². The molecule has 1 spiro atoms.